The Labute approximate surface area is 155 Å². The quantitative estimate of drug-likeness (QED) is 0.672. The van der Waals surface area contributed by atoms with E-state index in [0.717, 1.165) is 35.9 Å². The van der Waals surface area contributed by atoms with Gasteiger partial charge in [-0.15, -0.1) is 0 Å². The van der Waals surface area contributed by atoms with Crippen molar-refractivity contribution in [1.82, 2.24) is 14.5 Å². The highest BCUT2D eigenvalue weighted by molar-refractivity contribution is 8.00. The molecule has 0 bridgehead atoms. The molecule has 1 saturated heterocycles. The smallest absolute Gasteiger partial charge is 0.235 e. The molecule has 2 rings (SSSR count). The topological polar surface area (TPSA) is 72.3 Å². The number of nitrogens with zero attached hydrogens (tertiary/aromatic N) is 3. The summed E-state index contributed by atoms with van der Waals surface area (Å²) < 4.78 is 25.5. The minimum Gasteiger partial charge on any atom is -0.341 e. The fourth-order valence-electron chi connectivity index (χ4n) is 3.05. The molecule has 0 N–H and O–H groups in total. The third-order valence-corrected chi connectivity index (χ3v) is 7.72. The van der Waals surface area contributed by atoms with E-state index < -0.39 is 9.84 Å². The zero-order valence-electron chi connectivity index (χ0n) is 15.8. The molecule has 1 amide bonds. The maximum atomic E-state index is 12.7. The molecule has 1 aliphatic rings. The van der Waals surface area contributed by atoms with Gasteiger partial charge in [0.25, 0.3) is 0 Å². The number of amides is 1. The molecular formula is C17H29N3O3S2. The highest BCUT2D eigenvalue weighted by Crippen LogP contribution is 2.28. The van der Waals surface area contributed by atoms with Gasteiger partial charge in [-0.25, -0.2) is 13.4 Å². The minimum absolute atomic E-state index is 0.0348. The molecule has 0 aliphatic carbocycles. The SMILES string of the molecule is CCCCn1c(SC(C)C(=O)N(C)C2CCS(=O)(=O)C2)nc(C)c1C. The minimum atomic E-state index is -3.00. The summed E-state index contributed by atoms with van der Waals surface area (Å²) >= 11 is 1.46. The largest absolute Gasteiger partial charge is 0.341 e. The number of carbonyl (C=O) groups is 1. The Bertz CT molecular complexity index is 728. The number of sulfone groups is 1. The zero-order chi connectivity index (χ0) is 18.8. The zero-order valence-corrected chi connectivity index (χ0v) is 17.4. The van der Waals surface area contributed by atoms with Crippen LogP contribution in [-0.4, -0.2) is 58.6 Å². The Hall–Kier alpha value is -1.02. The third kappa shape index (κ3) is 4.78. The van der Waals surface area contributed by atoms with E-state index >= 15 is 0 Å². The lowest BCUT2D eigenvalue weighted by atomic mass is 10.2. The maximum absolute atomic E-state index is 12.7. The molecule has 0 spiro atoms. The normalized spacial score (nSPS) is 20.6. The van der Waals surface area contributed by atoms with E-state index in [1.54, 1.807) is 11.9 Å². The van der Waals surface area contributed by atoms with Crippen LogP contribution in [0.4, 0.5) is 0 Å². The third-order valence-electron chi connectivity index (χ3n) is 4.89. The first-order valence-electron chi connectivity index (χ1n) is 8.83. The molecule has 2 atom stereocenters. The highest BCUT2D eigenvalue weighted by atomic mass is 32.2. The molecule has 8 heteroatoms. The molecule has 2 unspecified atom stereocenters. The Morgan fingerprint density at radius 1 is 1.44 bits per heavy atom. The first-order valence-corrected chi connectivity index (χ1v) is 11.5. The van der Waals surface area contributed by atoms with E-state index in [-0.39, 0.29) is 28.7 Å². The number of hydrogen-bond acceptors (Lipinski definition) is 5. The van der Waals surface area contributed by atoms with Crippen LogP contribution in [-0.2, 0) is 21.2 Å². The van der Waals surface area contributed by atoms with E-state index in [9.17, 15) is 13.2 Å². The molecular weight excluding hydrogens is 358 g/mol. The van der Waals surface area contributed by atoms with Gasteiger partial charge in [-0.1, -0.05) is 25.1 Å². The predicted molar refractivity (Wildman–Crippen MR) is 102 cm³/mol. The Morgan fingerprint density at radius 3 is 2.68 bits per heavy atom. The molecule has 1 aliphatic heterocycles. The maximum Gasteiger partial charge on any atom is 0.235 e. The number of thioether (sulfide) groups is 1. The summed E-state index contributed by atoms with van der Waals surface area (Å²) in [6.45, 7) is 8.98. The van der Waals surface area contributed by atoms with Crippen LogP contribution in [0.25, 0.3) is 0 Å². The summed E-state index contributed by atoms with van der Waals surface area (Å²) in [5.74, 6) is 0.222. The fourth-order valence-corrected chi connectivity index (χ4v) is 5.95. The number of hydrogen-bond donors (Lipinski definition) is 0. The molecule has 1 fully saturated rings. The second kappa shape index (κ2) is 8.12. The van der Waals surface area contributed by atoms with E-state index in [1.807, 2.05) is 13.8 Å². The number of aryl methyl sites for hydroxylation is 1. The fraction of sp³-hybridized carbons (Fsp3) is 0.765. The van der Waals surface area contributed by atoms with Crippen molar-refractivity contribution in [1.29, 1.82) is 0 Å². The van der Waals surface area contributed by atoms with E-state index in [2.05, 4.69) is 23.4 Å². The van der Waals surface area contributed by atoms with Crippen molar-refractivity contribution in [2.45, 2.75) is 70.0 Å². The van der Waals surface area contributed by atoms with Crippen LogP contribution in [0.1, 0.15) is 44.5 Å². The van der Waals surface area contributed by atoms with Gasteiger partial charge in [-0.3, -0.25) is 4.79 Å². The second-order valence-corrected chi connectivity index (χ2v) is 10.4. The molecule has 1 aromatic heterocycles. The number of carbonyl (C=O) groups excluding carboxylic acids is 1. The number of aromatic nitrogens is 2. The molecule has 1 aromatic rings. The van der Waals surface area contributed by atoms with Crippen LogP contribution < -0.4 is 0 Å². The van der Waals surface area contributed by atoms with Gasteiger partial charge in [0.15, 0.2) is 15.0 Å². The van der Waals surface area contributed by atoms with Crippen molar-refractivity contribution in [3.63, 3.8) is 0 Å². The van der Waals surface area contributed by atoms with Crippen molar-refractivity contribution in [3.8, 4) is 0 Å². The summed E-state index contributed by atoms with van der Waals surface area (Å²) in [5, 5.41) is 0.576. The van der Waals surface area contributed by atoms with Crippen molar-refractivity contribution in [2.24, 2.45) is 0 Å². The number of unbranched alkanes of at least 4 members (excludes halogenated alkanes) is 1. The average Bonchev–Trinajstić information content (AvgIpc) is 3.04. The van der Waals surface area contributed by atoms with E-state index in [1.165, 1.54) is 11.8 Å². The van der Waals surface area contributed by atoms with Gasteiger partial charge < -0.3 is 9.47 Å². The predicted octanol–water partition coefficient (Wildman–Crippen LogP) is 2.43. The van der Waals surface area contributed by atoms with E-state index in [0.29, 0.717) is 6.42 Å². The van der Waals surface area contributed by atoms with Gasteiger partial charge in [-0.2, -0.15) is 0 Å². The monoisotopic (exact) mass is 387 g/mol. The van der Waals surface area contributed by atoms with Gasteiger partial charge in [0, 0.05) is 25.3 Å². The molecule has 142 valence electrons. The van der Waals surface area contributed by atoms with Crippen LogP contribution in [0.2, 0.25) is 0 Å². The van der Waals surface area contributed by atoms with Crippen molar-refractivity contribution < 1.29 is 13.2 Å². The van der Waals surface area contributed by atoms with Crippen molar-refractivity contribution >= 4 is 27.5 Å². The number of imidazole rings is 1. The van der Waals surface area contributed by atoms with Gasteiger partial charge >= 0.3 is 0 Å². The van der Waals surface area contributed by atoms with Crippen LogP contribution in [0, 0.1) is 13.8 Å². The summed E-state index contributed by atoms with van der Waals surface area (Å²) in [4.78, 5) is 19.0. The standard InChI is InChI=1S/C17H29N3O3S2/c1-6-7-9-20-13(3)12(2)18-17(20)24-14(4)16(21)19(5)15-8-10-25(22,23)11-15/h14-15H,6-11H2,1-5H3. The Kier molecular flexibility index (Phi) is 6.59. The lowest BCUT2D eigenvalue weighted by Gasteiger charge is -2.26. The second-order valence-electron chi connectivity index (χ2n) is 6.84. The molecule has 2 heterocycles. The molecule has 0 radical (unpaired) electrons. The molecule has 0 saturated carbocycles. The Balaban J connectivity index is 2.07. The van der Waals surface area contributed by atoms with Crippen LogP contribution in [0.3, 0.4) is 0 Å². The van der Waals surface area contributed by atoms with Gasteiger partial charge in [0.2, 0.25) is 5.91 Å². The van der Waals surface area contributed by atoms with Crippen LogP contribution in [0.15, 0.2) is 5.16 Å². The van der Waals surface area contributed by atoms with E-state index in [4.69, 9.17) is 0 Å². The first-order chi connectivity index (χ1) is 11.7. The van der Waals surface area contributed by atoms with Crippen molar-refractivity contribution in [3.05, 3.63) is 11.4 Å². The van der Waals surface area contributed by atoms with Gasteiger partial charge in [0.1, 0.15) is 0 Å². The first kappa shape index (κ1) is 20.3. The summed E-state index contributed by atoms with van der Waals surface area (Å²) in [7, 11) is -1.28. The number of rotatable bonds is 7. The molecule has 25 heavy (non-hydrogen) atoms. The van der Waals surface area contributed by atoms with Gasteiger partial charge in [-0.05, 0) is 33.6 Å². The van der Waals surface area contributed by atoms with Crippen LogP contribution in [0.5, 0.6) is 0 Å². The van der Waals surface area contributed by atoms with Crippen molar-refractivity contribution in [2.75, 3.05) is 18.6 Å². The lowest BCUT2D eigenvalue weighted by Crippen LogP contribution is -2.41. The average molecular weight is 388 g/mol. The highest BCUT2D eigenvalue weighted by Gasteiger charge is 2.34. The Morgan fingerprint density at radius 2 is 2.12 bits per heavy atom. The summed E-state index contributed by atoms with van der Waals surface area (Å²) in [6, 6.07) is -0.205. The molecule has 0 aromatic carbocycles. The van der Waals surface area contributed by atoms with Gasteiger partial charge in [0.05, 0.1) is 22.4 Å². The molecule has 6 nitrogen and oxygen atoms in total. The summed E-state index contributed by atoms with van der Waals surface area (Å²) in [6.07, 6.45) is 2.71. The summed E-state index contributed by atoms with van der Waals surface area (Å²) in [5.41, 5.74) is 2.14. The lowest BCUT2D eigenvalue weighted by molar-refractivity contribution is -0.130. The van der Waals surface area contributed by atoms with Crippen LogP contribution >= 0.6 is 11.8 Å².